The van der Waals surface area contributed by atoms with Gasteiger partial charge in [-0.25, -0.2) is 0 Å². The first kappa shape index (κ1) is 68.4. The van der Waals surface area contributed by atoms with E-state index in [9.17, 15) is 0 Å². The standard InChI is InChI=1S/C57H39NSe.C54H35NSe/c1-57(2)51-20-9-6-15-45(51)46-29-28-43(35-52(46)57)58-53-21-10-7-16-47(53)50-34-39(27-30-54(50)58)41-31-40(38-25-23-37(24-26-38)36-13-4-3-5-14-36)32-42(33-41)44-18-12-19-49-48-17-8-11-22-55(48)59-56(44)49;1-4-13-36(14-5-1)38-23-25-39(26-24-38)42-31-43(41-27-29-52-49(34-41)47-19-10-11-22-51(47)55(52)45-17-8-3-9-18-45)33-44(32-42)46-20-12-21-48-50-35-40(37-15-6-2-7-16-37)28-30-53(50)56-54(46)48/h3-35H,1-2H3;1-35H. The molecule has 1 aliphatic carbocycles. The average Bonchev–Trinajstić information content (AvgIpc) is 1.57. The van der Waals surface area contributed by atoms with Crippen molar-refractivity contribution in [2.24, 2.45) is 0 Å². The molecule has 1 aliphatic rings. The molecule has 0 atom stereocenters. The van der Waals surface area contributed by atoms with Gasteiger partial charge in [-0.2, -0.15) is 0 Å². The fourth-order valence-corrected chi connectivity index (χ4v) is 23.4. The molecule has 0 saturated heterocycles. The number of rotatable bonds is 11. The van der Waals surface area contributed by atoms with Gasteiger partial charge in [0.05, 0.1) is 0 Å². The molecule has 4 heterocycles. The van der Waals surface area contributed by atoms with Crippen molar-refractivity contribution in [3.8, 4) is 123 Å². The Morgan fingerprint density at radius 2 is 0.522 bits per heavy atom. The Morgan fingerprint density at radius 3 is 1.06 bits per heavy atom. The third kappa shape index (κ3) is 11.9. The van der Waals surface area contributed by atoms with Gasteiger partial charge in [-0.1, -0.05) is 74.5 Å². The van der Waals surface area contributed by atoms with Gasteiger partial charge in [0.15, 0.2) is 0 Å². The Kier molecular flexibility index (Phi) is 16.7. The first-order valence-electron chi connectivity index (χ1n) is 39.7. The van der Waals surface area contributed by atoms with Crippen LogP contribution in [-0.2, 0) is 5.41 Å². The van der Waals surface area contributed by atoms with Crippen LogP contribution in [0, 0.1) is 0 Å². The number of hydrogen-bond acceptors (Lipinski definition) is 0. The summed E-state index contributed by atoms with van der Waals surface area (Å²) in [5, 5.41) is 10.6. The van der Waals surface area contributed by atoms with E-state index in [0.717, 1.165) is 0 Å². The summed E-state index contributed by atoms with van der Waals surface area (Å²) in [5.41, 5.74) is 35.0. The van der Waals surface area contributed by atoms with Crippen LogP contribution in [0.2, 0.25) is 0 Å². The summed E-state index contributed by atoms with van der Waals surface area (Å²) in [4.78, 5) is 0. The number of aromatic nitrogens is 2. The molecule has 2 nitrogen and oxygen atoms in total. The second-order valence-electron chi connectivity index (χ2n) is 31.0. The van der Waals surface area contributed by atoms with Crippen molar-refractivity contribution < 1.29 is 0 Å². The van der Waals surface area contributed by atoms with Crippen LogP contribution in [0.25, 0.3) is 205 Å². The first-order chi connectivity index (χ1) is 56.7. The van der Waals surface area contributed by atoms with E-state index in [4.69, 9.17) is 0 Å². The monoisotopic (exact) mass is 1590 g/mol. The molecule has 0 fully saturated rings. The number of hydrogen-bond donors (Lipinski definition) is 0. The molecule has 115 heavy (non-hydrogen) atoms. The van der Waals surface area contributed by atoms with Gasteiger partial charge in [0.2, 0.25) is 0 Å². The Balaban J connectivity index is 0.000000140. The zero-order valence-corrected chi connectivity index (χ0v) is 66.9. The van der Waals surface area contributed by atoms with E-state index in [-0.39, 0.29) is 34.4 Å². The van der Waals surface area contributed by atoms with Crippen LogP contribution in [0.3, 0.4) is 0 Å². The Hall–Kier alpha value is -13.4. The summed E-state index contributed by atoms with van der Waals surface area (Å²) < 4.78 is 10.7. The Bertz CT molecular complexity index is 7570. The second-order valence-corrected chi connectivity index (χ2v) is 35.4. The molecular weight excluding hydrogens is 1520 g/mol. The summed E-state index contributed by atoms with van der Waals surface area (Å²) in [7, 11) is 0. The molecular formula is C111H74N2Se2. The van der Waals surface area contributed by atoms with Crippen molar-refractivity contribution >= 4 is 111 Å². The first-order valence-corrected chi connectivity index (χ1v) is 43.1. The van der Waals surface area contributed by atoms with Crippen LogP contribution in [0.5, 0.6) is 0 Å². The van der Waals surface area contributed by atoms with Crippen molar-refractivity contribution in [3.05, 3.63) is 424 Å². The van der Waals surface area contributed by atoms with Crippen molar-refractivity contribution in [2.45, 2.75) is 19.3 Å². The molecule has 18 aromatic carbocycles. The van der Waals surface area contributed by atoms with Crippen molar-refractivity contribution in [3.63, 3.8) is 0 Å². The third-order valence-corrected chi connectivity index (χ3v) is 29.1. The van der Waals surface area contributed by atoms with Crippen molar-refractivity contribution in [2.75, 3.05) is 0 Å². The van der Waals surface area contributed by atoms with Gasteiger partial charge >= 0.3 is 584 Å². The number of nitrogens with zero attached hydrogens (tertiary/aromatic N) is 2. The van der Waals surface area contributed by atoms with Crippen molar-refractivity contribution in [1.29, 1.82) is 0 Å². The molecule has 0 bridgehead atoms. The normalized spacial score (nSPS) is 12.3. The quantitative estimate of drug-likeness (QED) is 0.114. The summed E-state index contributed by atoms with van der Waals surface area (Å²) in [6, 6.07) is 153. The summed E-state index contributed by atoms with van der Waals surface area (Å²) in [6.07, 6.45) is 0. The fourth-order valence-electron chi connectivity index (χ4n) is 18.3. The predicted molar refractivity (Wildman–Crippen MR) is 492 cm³/mol. The molecule has 0 radical (unpaired) electrons. The van der Waals surface area contributed by atoms with Gasteiger partial charge in [-0.15, -0.1) is 0 Å². The number of benzene rings is 18. The second kappa shape index (κ2) is 28.1. The van der Waals surface area contributed by atoms with E-state index in [1.54, 1.807) is 0 Å². The van der Waals surface area contributed by atoms with E-state index >= 15 is 0 Å². The van der Waals surface area contributed by atoms with Crippen LogP contribution in [0.4, 0.5) is 0 Å². The van der Waals surface area contributed by atoms with Gasteiger partial charge in [0.1, 0.15) is 0 Å². The minimum atomic E-state index is -0.0682. The molecule has 0 saturated carbocycles. The van der Waals surface area contributed by atoms with E-state index in [1.165, 1.54) is 216 Å². The fraction of sp³-hybridized carbons (Fsp3) is 0.0270. The third-order valence-electron chi connectivity index (χ3n) is 24.0. The Labute approximate surface area is 680 Å². The molecule has 540 valence electrons. The van der Waals surface area contributed by atoms with Gasteiger partial charge in [0.25, 0.3) is 0 Å². The van der Waals surface area contributed by atoms with Gasteiger partial charge in [-0.3, -0.25) is 0 Å². The molecule has 22 aromatic rings. The van der Waals surface area contributed by atoms with Gasteiger partial charge in [0, 0.05) is 5.41 Å². The molecule has 23 rings (SSSR count). The van der Waals surface area contributed by atoms with Gasteiger partial charge in [-0.05, 0) is 22.3 Å². The zero-order chi connectivity index (χ0) is 76.2. The van der Waals surface area contributed by atoms with E-state index in [2.05, 4.69) is 435 Å². The maximum atomic E-state index is 2.47. The van der Waals surface area contributed by atoms with E-state index < -0.39 is 0 Å². The van der Waals surface area contributed by atoms with Gasteiger partial charge < -0.3 is 0 Å². The van der Waals surface area contributed by atoms with E-state index in [0.29, 0.717) is 0 Å². The zero-order valence-electron chi connectivity index (χ0n) is 63.5. The van der Waals surface area contributed by atoms with Crippen LogP contribution >= 0.6 is 0 Å². The summed E-state index contributed by atoms with van der Waals surface area (Å²) in [5.74, 6) is 0. The molecule has 0 aliphatic heterocycles. The summed E-state index contributed by atoms with van der Waals surface area (Å²) >= 11 is 0.439. The molecule has 0 unspecified atom stereocenters. The summed E-state index contributed by atoms with van der Waals surface area (Å²) in [6.45, 7) is 4.73. The van der Waals surface area contributed by atoms with Crippen molar-refractivity contribution in [1.82, 2.24) is 9.13 Å². The predicted octanol–water partition coefficient (Wildman–Crippen LogP) is 29.6. The van der Waals surface area contributed by atoms with E-state index in [1.807, 2.05) is 0 Å². The average molecular weight is 1590 g/mol. The molecule has 0 spiro atoms. The van der Waals surface area contributed by atoms with Crippen LogP contribution in [0.15, 0.2) is 413 Å². The Morgan fingerprint density at radius 1 is 0.183 bits per heavy atom. The number of fused-ring (bicyclic) bond motifs is 15. The minimum absolute atomic E-state index is 0.0682. The van der Waals surface area contributed by atoms with Crippen LogP contribution in [0.1, 0.15) is 25.0 Å². The number of para-hydroxylation sites is 3. The molecule has 0 N–H and O–H groups in total. The molecule has 4 heteroatoms. The molecule has 0 amide bonds. The maximum absolute atomic E-state index is 2.47. The van der Waals surface area contributed by atoms with Crippen LogP contribution in [-0.4, -0.2) is 38.1 Å². The SMILES string of the molecule is CC1(C)c2ccccc2-c2ccc(-n3c4ccccc4c4cc(-c5cc(-c6ccc(-c7ccccc7)cc6)cc(-c6cccc7c6[se]c6ccccc67)c5)ccc43)cc21.c1ccc(-c2ccc(-c3cc(-c4ccc5c(c4)c4ccccc4n5-c4ccccc4)cc(-c4cccc5c4[se]c4ccc(-c6ccccc6)cc45)c3)cc2)cc1. The molecule has 4 aromatic heterocycles. The topological polar surface area (TPSA) is 9.86 Å². The van der Waals surface area contributed by atoms with Crippen LogP contribution < -0.4 is 0 Å².